The van der Waals surface area contributed by atoms with E-state index >= 15 is 0 Å². The average molecular weight is 434 g/mol. The molecule has 0 aromatic rings. The maximum absolute atomic E-state index is 12.7. The van der Waals surface area contributed by atoms with Crippen molar-refractivity contribution in [3.05, 3.63) is 34.9 Å². The van der Waals surface area contributed by atoms with Crippen molar-refractivity contribution in [2.45, 2.75) is 69.7 Å². The highest BCUT2D eigenvalue weighted by atomic mass is 16.7. The number of carbonyl (C=O) groups is 3. The predicted molar refractivity (Wildman–Crippen MR) is 105 cm³/mol. The van der Waals surface area contributed by atoms with E-state index in [-0.39, 0.29) is 31.3 Å². The van der Waals surface area contributed by atoms with Crippen LogP contribution in [0.1, 0.15) is 34.1 Å². The third-order valence-corrected chi connectivity index (χ3v) is 6.29. The first-order valence-electron chi connectivity index (χ1n) is 10.2. The van der Waals surface area contributed by atoms with Gasteiger partial charge in [-0.15, -0.1) is 0 Å². The minimum absolute atomic E-state index is 0.108. The highest BCUT2D eigenvalue weighted by Gasteiger charge is 2.64. The van der Waals surface area contributed by atoms with E-state index in [0.717, 1.165) is 0 Å². The Hall–Kier alpha value is -2.49. The number of esters is 3. The van der Waals surface area contributed by atoms with Crippen LogP contribution in [-0.4, -0.2) is 71.8 Å². The van der Waals surface area contributed by atoms with Crippen molar-refractivity contribution in [3.63, 3.8) is 0 Å². The van der Waals surface area contributed by atoms with Crippen LogP contribution in [0.5, 0.6) is 0 Å². The highest BCUT2D eigenvalue weighted by Crippen LogP contribution is 2.51. The Kier molecular flexibility index (Phi) is 5.31. The van der Waals surface area contributed by atoms with E-state index < -0.39 is 47.4 Å². The molecule has 2 saturated heterocycles. The number of hydrogen-bond donors (Lipinski definition) is 1. The Morgan fingerprint density at radius 2 is 2.06 bits per heavy atom. The summed E-state index contributed by atoms with van der Waals surface area (Å²) in [5.74, 6) is -1.78. The average Bonchev–Trinajstić information content (AvgIpc) is 3.57. The highest BCUT2D eigenvalue weighted by molar-refractivity contribution is 5.94. The zero-order valence-electron chi connectivity index (χ0n) is 17.9. The zero-order valence-corrected chi connectivity index (χ0v) is 17.9. The van der Waals surface area contributed by atoms with Gasteiger partial charge in [-0.25, -0.2) is 9.59 Å². The van der Waals surface area contributed by atoms with Crippen LogP contribution in [0.4, 0.5) is 0 Å². The van der Waals surface area contributed by atoms with Gasteiger partial charge in [-0.1, -0.05) is 18.2 Å². The summed E-state index contributed by atoms with van der Waals surface area (Å²) in [6, 6.07) is 0. The first-order valence-corrected chi connectivity index (χ1v) is 10.2. The van der Waals surface area contributed by atoms with Crippen molar-refractivity contribution in [1.29, 1.82) is 0 Å². The number of rotatable bonds is 5. The summed E-state index contributed by atoms with van der Waals surface area (Å²) in [7, 11) is 0. The monoisotopic (exact) mass is 434 g/mol. The Balaban J connectivity index is 1.79. The molecule has 9 nitrogen and oxygen atoms in total. The van der Waals surface area contributed by atoms with Crippen LogP contribution in [0.3, 0.4) is 0 Å². The summed E-state index contributed by atoms with van der Waals surface area (Å²) in [5.41, 5.74) is -0.775. The van der Waals surface area contributed by atoms with Crippen LogP contribution in [-0.2, 0) is 38.1 Å². The zero-order chi connectivity index (χ0) is 22.6. The number of aliphatic hydroxyl groups excluding tert-OH is 1. The molecule has 168 valence electrons. The van der Waals surface area contributed by atoms with Gasteiger partial charge in [0.25, 0.3) is 0 Å². The first kappa shape index (κ1) is 21.7. The van der Waals surface area contributed by atoms with Gasteiger partial charge in [0.15, 0.2) is 6.10 Å². The molecule has 6 atom stereocenters. The number of fused-ring (bicyclic) bond motifs is 4. The molecule has 0 aromatic carbocycles. The van der Waals surface area contributed by atoms with Crippen LogP contribution in [0.25, 0.3) is 0 Å². The molecule has 0 saturated carbocycles. The first-order chi connectivity index (χ1) is 14.6. The number of allylic oxidation sites excluding steroid dienone is 1. The molecule has 4 rings (SSSR count). The van der Waals surface area contributed by atoms with Gasteiger partial charge < -0.3 is 28.8 Å². The van der Waals surface area contributed by atoms with E-state index in [0.29, 0.717) is 11.1 Å². The molecule has 9 heteroatoms. The smallest absolute Gasteiger partial charge is 0.338 e. The fourth-order valence-corrected chi connectivity index (χ4v) is 4.13. The molecule has 0 amide bonds. The number of aliphatic hydroxyl groups is 1. The van der Waals surface area contributed by atoms with E-state index in [1.807, 2.05) is 19.1 Å². The van der Waals surface area contributed by atoms with E-state index in [9.17, 15) is 19.5 Å². The maximum Gasteiger partial charge on any atom is 0.338 e. The van der Waals surface area contributed by atoms with Crippen molar-refractivity contribution in [1.82, 2.24) is 0 Å². The molecule has 0 radical (unpaired) electrons. The Labute approximate surface area is 179 Å². The van der Waals surface area contributed by atoms with Gasteiger partial charge in [-0.3, -0.25) is 4.79 Å². The summed E-state index contributed by atoms with van der Waals surface area (Å²) in [5, 5.41) is 10.0. The van der Waals surface area contributed by atoms with Gasteiger partial charge in [-0.2, -0.15) is 0 Å². The number of epoxide rings is 2. The van der Waals surface area contributed by atoms with Gasteiger partial charge in [0.1, 0.15) is 36.1 Å². The number of carbonyl (C=O) groups excluding carboxylic acids is 3. The van der Waals surface area contributed by atoms with Crippen LogP contribution in [0, 0.1) is 0 Å². The molecular formula is C22H26O9. The third kappa shape index (κ3) is 3.81. The van der Waals surface area contributed by atoms with Crippen LogP contribution < -0.4 is 0 Å². The van der Waals surface area contributed by atoms with E-state index in [1.54, 1.807) is 19.9 Å². The van der Waals surface area contributed by atoms with Gasteiger partial charge in [0.2, 0.25) is 0 Å². The molecule has 0 unspecified atom stereocenters. The summed E-state index contributed by atoms with van der Waals surface area (Å²) in [4.78, 5) is 36.7. The molecule has 1 N–H and O–H groups in total. The van der Waals surface area contributed by atoms with Gasteiger partial charge >= 0.3 is 17.9 Å². The lowest BCUT2D eigenvalue weighted by Gasteiger charge is -2.26. The number of hydrogen-bond acceptors (Lipinski definition) is 9. The molecule has 4 aliphatic rings. The van der Waals surface area contributed by atoms with Gasteiger partial charge in [0, 0.05) is 24.5 Å². The Bertz CT molecular complexity index is 916. The summed E-state index contributed by atoms with van der Waals surface area (Å²) in [6.07, 6.45) is 2.76. The van der Waals surface area contributed by atoms with Crippen molar-refractivity contribution < 1.29 is 43.2 Å². The summed E-state index contributed by atoms with van der Waals surface area (Å²) >= 11 is 0. The second-order valence-electron chi connectivity index (χ2n) is 8.45. The van der Waals surface area contributed by atoms with E-state index in [4.69, 9.17) is 23.7 Å². The Morgan fingerprint density at radius 3 is 2.71 bits per heavy atom. The van der Waals surface area contributed by atoms with E-state index in [1.165, 1.54) is 6.92 Å². The van der Waals surface area contributed by atoms with Gasteiger partial charge in [0.05, 0.1) is 12.2 Å². The fraction of sp³-hybridized carbons (Fsp3) is 0.591. The quantitative estimate of drug-likeness (QED) is 0.221. The lowest BCUT2D eigenvalue weighted by molar-refractivity contribution is -0.144. The van der Waals surface area contributed by atoms with Crippen molar-refractivity contribution in [3.8, 4) is 0 Å². The van der Waals surface area contributed by atoms with Crippen LogP contribution in [0.15, 0.2) is 34.9 Å². The van der Waals surface area contributed by atoms with Crippen LogP contribution in [0.2, 0.25) is 0 Å². The SMILES string of the molecule is C/C=C(/C)C(=O)O[C@H]1C[C@@]2(CO)O[C@H]2/C=C\[C@@]2(C)O[C@@H]2[C@H]2OC(=O)C(COC(C)=O)=C12. The molecule has 2 fully saturated rings. The summed E-state index contributed by atoms with van der Waals surface area (Å²) in [6.45, 7) is 5.80. The Morgan fingerprint density at radius 1 is 1.32 bits per heavy atom. The molecule has 31 heavy (non-hydrogen) atoms. The second-order valence-corrected chi connectivity index (χ2v) is 8.45. The molecular weight excluding hydrogens is 408 g/mol. The predicted octanol–water partition coefficient (Wildman–Crippen LogP) is 0.897. The topological polar surface area (TPSA) is 124 Å². The summed E-state index contributed by atoms with van der Waals surface area (Å²) < 4.78 is 28.1. The minimum Gasteiger partial charge on any atom is -0.461 e. The normalized spacial score (nSPS) is 39.5. The lowest BCUT2D eigenvalue weighted by atomic mass is 9.85. The largest absolute Gasteiger partial charge is 0.461 e. The lowest BCUT2D eigenvalue weighted by Crippen LogP contribution is -2.37. The van der Waals surface area contributed by atoms with Crippen molar-refractivity contribution in [2.75, 3.05) is 13.2 Å². The molecule has 0 spiro atoms. The molecule has 1 aliphatic carbocycles. The second kappa shape index (κ2) is 7.58. The van der Waals surface area contributed by atoms with E-state index in [2.05, 4.69) is 0 Å². The van der Waals surface area contributed by atoms with Crippen molar-refractivity contribution in [2.24, 2.45) is 0 Å². The standard InChI is InChI=1S/C22H26O9/c1-5-11(2)19(25)28-14-8-22(10-23)15(30-22)6-7-21(4)18(31-21)17-16(14)13(20(26)29-17)9-27-12(3)24/h5-7,14-15,17-18,23H,8-10H2,1-4H3/b7-6-,11-5-/t14-,15-,17-,18+,21+,22-/m0/s1. The minimum atomic E-state index is -0.959. The molecule has 0 bridgehead atoms. The molecule has 3 aliphatic heterocycles. The van der Waals surface area contributed by atoms with Crippen LogP contribution >= 0.6 is 0 Å². The fourth-order valence-electron chi connectivity index (χ4n) is 4.13. The number of ether oxygens (including phenoxy) is 5. The van der Waals surface area contributed by atoms with Crippen molar-refractivity contribution >= 4 is 17.9 Å². The third-order valence-electron chi connectivity index (χ3n) is 6.29. The molecule has 0 aromatic heterocycles. The maximum atomic E-state index is 12.7. The van der Waals surface area contributed by atoms with Gasteiger partial charge in [-0.05, 0) is 20.8 Å². The molecule has 3 heterocycles.